The normalized spacial score (nSPS) is 17.3. The number of pyridine rings is 1. The third-order valence-electron chi connectivity index (χ3n) is 4.02. The topological polar surface area (TPSA) is 62.3 Å². The van der Waals surface area contributed by atoms with E-state index in [1.54, 1.807) is 0 Å². The Morgan fingerprint density at radius 2 is 1.96 bits per heavy atom. The number of thioether (sulfide) groups is 1. The number of alkyl halides is 3. The van der Waals surface area contributed by atoms with Crippen LogP contribution in [-0.4, -0.2) is 40.0 Å². The number of likely N-dealkylation sites (tertiary alicyclic amines) is 1. The van der Waals surface area contributed by atoms with Crippen LogP contribution in [0.5, 0.6) is 0 Å². The summed E-state index contributed by atoms with van der Waals surface area (Å²) in [5.74, 6) is -0.511. The van der Waals surface area contributed by atoms with E-state index in [0.29, 0.717) is 6.20 Å². The van der Waals surface area contributed by atoms with E-state index < -0.39 is 17.0 Å². The van der Waals surface area contributed by atoms with Crippen LogP contribution in [0, 0.1) is 0 Å². The summed E-state index contributed by atoms with van der Waals surface area (Å²) >= 11 is 7.16. The molecule has 1 saturated heterocycles. The molecule has 5 nitrogen and oxygen atoms in total. The molecular formula is C18H15ClF3N3O2S. The van der Waals surface area contributed by atoms with Gasteiger partial charge >= 0.3 is 6.18 Å². The predicted molar refractivity (Wildman–Crippen MR) is 100 cm³/mol. The average Bonchev–Trinajstić information content (AvgIpc) is 2.90. The van der Waals surface area contributed by atoms with Crippen LogP contribution in [0.3, 0.4) is 0 Å². The van der Waals surface area contributed by atoms with Crippen molar-refractivity contribution in [3.05, 3.63) is 53.2 Å². The van der Waals surface area contributed by atoms with E-state index in [4.69, 9.17) is 11.6 Å². The van der Waals surface area contributed by atoms with E-state index in [1.807, 2.05) is 30.3 Å². The van der Waals surface area contributed by atoms with Gasteiger partial charge in [-0.1, -0.05) is 29.8 Å². The van der Waals surface area contributed by atoms with Crippen molar-refractivity contribution in [2.75, 3.05) is 18.4 Å². The molecular weight excluding hydrogens is 415 g/mol. The number of nitrogens with zero attached hydrogens (tertiary/aromatic N) is 2. The number of amides is 2. The minimum Gasteiger partial charge on any atom is -0.367 e. The Labute approximate surface area is 168 Å². The van der Waals surface area contributed by atoms with Crippen molar-refractivity contribution in [1.29, 1.82) is 0 Å². The first-order chi connectivity index (χ1) is 13.3. The van der Waals surface area contributed by atoms with Crippen LogP contribution in [-0.2, 0) is 15.8 Å². The monoisotopic (exact) mass is 429 g/mol. The van der Waals surface area contributed by atoms with Crippen molar-refractivity contribution < 1.29 is 22.8 Å². The molecule has 0 radical (unpaired) electrons. The van der Waals surface area contributed by atoms with Gasteiger partial charge in [0.25, 0.3) is 0 Å². The summed E-state index contributed by atoms with van der Waals surface area (Å²) in [6.45, 7) is 0.195. The standard InChI is InChI=1S/C18H15ClF3N3O2S/c19-13-8-11(18(20,21)22)10-24-16(13)23-6-7-25-15(26)9-14(17(25)27)28-12-4-2-1-3-5-12/h1-5,8,10,14H,6-7,9H2,(H,23,24)/t14-/m0/s1. The van der Waals surface area contributed by atoms with Crippen LogP contribution >= 0.6 is 23.4 Å². The van der Waals surface area contributed by atoms with E-state index in [0.717, 1.165) is 15.9 Å². The second-order valence-electron chi connectivity index (χ2n) is 5.99. The van der Waals surface area contributed by atoms with Gasteiger partial charge < -0.3 is 5.32 Å². The summed E-state index contributed by atoms with van der Waals surface area (Å²) < 4.78 is 37.9. The highest BCUT2D eigenvalue weighted by Gasteiger charge is 2.38. The fraction of sp³-hybridized carbons (Fsp3) is 0.278. The molecule has 0 bridgehead atoms. The van der Waals surface area contributed by atoms with Gasteiger partial charge in [-0.3, -0.25) is 14.5 Å². The van der Waals surface area contributed by atoms with Crippen molar-refractivity contribution in [1.82, 2.24) is 9.88 Å². The predicted octanol–water partition coefficient (Wildman–Crippen LogP) is 4.09. The second kappa shape index (κ2) is 8.40. The molecule has 0 aliphatic carbocycles. The second-order valence-corrected chi connectivity index (χ2v) is 7.67. The van der Waals surface area contributed by atoms with Crippen LogP contribution < -0.4 is 5.32 Å². The average molecular weight is 430 g/mol. The number of hydrogen-bond donors (Lipinski definition) is 1. The lowest BCUT2D eigenvalue weighted by atomic mass is 10.3. The number of benzene rings is 1. The molecule has 1 aromatic carbocycles. The van der Waals surface area contributed by atoms with Gasteiger partial charge in [-0.05, 0) is 18.2 Å². The van der Waals surface area contributed by atoms with Crippen molar-refractivity contribution >= 4 is 41.0 Å². The van der Waals surface area contributed by atoms with E-state index >= 15 is 0 Å². The van der Waals surface area contributed by atoms with Gasteiger partial charge in [0, 0.05) is 30.6 Å². The zero-order valence-corrected chi connectivity index (χ0v) is 15.9. The summed E-state index contributed by atoms with van der Waals surface area (Å²) in [4.78, 5) is 30.3. The molecule has 10 heteroatoms. The Balaban J connectivity index is 1.56. The number of imide groups is 1. The Bertz CT molecular complexity index is 880. The molecule has 28 heavy (non-hydrogen) atoms. The lowest BCUT2D eigenvalue weighted by Crippen LogP contribution is -2.35. The van der Waals surface area contributed by atoms with Crippen LogP contribution in [0.2, 0.25) is 5.02 Å². The third-order valence-corrected chi connectivity index (χ3v) is 5.51. The molecule has 2 heterocycles. The van der Waals surface area contributed by atoms with Crippen molar-refractivity contribution in [2.45, 2.75) is 22.7 Å². The van der Waals surface area contributed by atoms with Crippen LogP contribution in [0.4, 0.5) is 19.0 Å². The lowest BCUT2D eigenvalue weighted by molar-refractivity contribution is -0.139. The van der Waals surface area contributed by atoms with Crippen molar-refractivity contribution in [3.8, 4) is 0 Å². The molecule has 1 aliphatic rings. The molecule has 3 rings (SSSR count). The van der Waals surface area contributed by atoms with Gasteiger partial charge in [-0.15, -0.1) is 11.8 Å². The molecule has 1 aliphatic heterocycles. The number of hydrogen-bond acceptors (Lipinski definition) is 5. The largest absolute Gasteiger partial charge is 0.417 e. The summed E-state index contributed by atoms with van der Waals surface area (Å²) in [6, 6.07) is 10.1. The first-order valence-electron chi connectivity index (χ1n) is 8.28. The van der Waals surface area contributed by atoms with E-state index in [1.165, 1.54) is 11.8 Å². The third kappa shape index (κ3) is 4.77. The van der Waals surface area contributed by atoms with Gasteiger partial charge in [0.15, 0.2) is 0 Å². The maximum atomic E-state index is 12.6. The summed E-state index contributed by atoms with van der Waals surface area (Å²) in [5.41, 5.74) is -0.950. The van der Waals surface area contributed by atoms with Crippen molar-refractivity contribution in [2.24, 2.45) is 0 Å². The summed E-state index contributed by atoms with van der Waals surface area (Å²) in [5, 5.41) is 2.09. The molecule has 148 valence electrons. The molecule has 0 saturated carbocycles. The molecule has 1 N–H and O–H groups in total. The van der Waals surface area contributed by atoms with Gasteiger partial charge in [0.2, 0.25) is 11.8 Å². The van der Waals surface area contributed by atoms with Gasteiger partial charge in [0.1, 0.15) is 5.82 Å². The number of carbonyl (C=O) groups is 2. The quantitative estimate of drug-likeness (QED) is 0.701. The summed E-state index contributed by atoms with van der Waals surface area (Å²) in [7, 11) is 0. The maximum Gasteiger partial charge on any atom is 0.417 e. The molecule has 2 amide bonds. The minimum atomic E-state index is -4.53. The van der Waals surface area contributed by atoms with E-state index in [2.05, 4.69) is 10.3 Å². The zero-order valence-electron chi connectivity index (χ0n) is 14.4. The SMILES string of the molecule is O=C1C[C@H](Sc2ccccc2)C(=O)N1CCNc1ncc(C(F)(F)F)cc1Cl. The fourth-order valence-corrected chi connectivity index (χ4v) is 3.98. The molecule has 0 unspecified atom stereocenters. The molecule has 0 spiro atoms. The highest BCUT2D eigenvalue weighted by molar-refractivity contribution is 8.00. The Hall–Kier alpha value is -2.26. The number of anilines is 1. The van der Waals surface area contributed by atoms with Gasteiger partial charge in [-0.25, -0.2) is 4.98 Å². The number of aromatic nitrogens is 1. The first-order valence-corrected chi connectivity index (χ1v) is 9.54. The number of halogens is 4. The molecule has 1 atom stereocenters. The van der Waals surface area contributed by atoms with Crippen LogP contribution in [0.1, 0.15) is 12.0 Å². The highest BCUT2D eigenvalue weighted by atomic mass is 35.5. The van der Waals surface area contributed by atoms with Crippen LogP contribution in [0.15, 0.2) is 47.5 Å². The Kier molecular flexibility index (Phi) is 6.14. The summed E-state index contributed by atoms with van der Waals surface area (Å²) in [6.07, 6.45) is -3.75. The first kappa shape index (κ1) is 20.5. The lowest BCUT2D eigenvalue weighted by Gasteiger charge is -2.16. The van der Waals surface area contributed by atoms with Crippen LogP contribution in [0.25, 0.3) is 0 Å². The number of nitrogens with one attached hydrogen (secondary N) is 1. The van der Waals surface area contributed by atoms with Gasteiger partial charge in [-0.2, -0.15) is 13.2 Å². The number of rotatable bonds is 6. The van der Waals surface area contributed by atoms with Crippen molar-refractivity contribution in [3.63, 3.8) is 0 Å². The van der Waals surface area contributed by atoms with Gasteiger partial charge in [0.05, 0.1) is 15.8 Å². The molecule has 2 aromatic rings. The minimum absolute atomic E-state index is 0.0592. The highest BCUT2D eigenvalue weighted by Crippen LogP contribution is 2.33. The fourth-order valence-electron chi connectivity index (χ4n) is 2.65. The smallest absolute Gasteiger partial charge is 0.367 e. The maximum absolute atomic E-state index is 12.6. The van der Waals surface area contributed by atoms with E-state index in [-0.39, 0.29) is 42.2 Å². The number of carbonyl (C=O) groups excluding carboxylic acids is 2. The Morgan fingerprint density at radius 1 is 1.25 bits per heavy atom. The van der Waals surface area contributed by atoms with E-state index in [9.17, 15) is 22.8 Å². The zero-order chi connectivity index (χ0) is 20.3. The Morgan fingerprint density at radius 3 is 2.61 bits per heavy atom. The molecule has 1 fully saturated rings. The molecule has 1 aromatic heterocycles.